The van der Waals surface area contributed by atoms with Crippen LogP contribution < -0.4 is 9.47 Å². The molecule has 5 rings (SSSR count). The summed E-state index contributed by atoms with van der Waals surface area (Å²) in [7, 11) is 1.58. The van der Waals surface area contributed by atoms with Gasteiger partial charge in [-0.25, -0.2) is 0 Å². The van der Waals surface area contributed by atoms with E-state index < -0.39 is 12.2 Å². The van der Waals surface area contributed by atoms with E-state index in [0.29, 0.717) is 5.56 Å². The molecule has 8 heteroatoms. The Morgan fingerprint density at radius 3 is 2.49 bits per heavy atom. The average Bonchev–Trinajstić information content (AvgIpc) is 3.22. The van der Waals surface area contributed by atoms with Gasteiger partial charge in [-0.05, 0) is 59.9 Å². The monoisotopic (exact) mass is 484 g/mol. The molecular weight excluding hydrogens is 454 g/mol. The number of fused-ring (bicyclic) bond motifs is 3. The van der Waals surface area contributed by atoms with Crippen LogP contribution in [0.15, 0.2) is 42.5 Å². The predicted octanol–water partition coefficient (Wildman–Crippen LogP) is 5.32. The maximum Gasteiger partial charge on any atom is 0.586 e. The largest absolute Gasteiger partial charge is 0.586 e. The number of carbonyl (C=O) groups is 2. The maximum absolute atomic E-state index is 13.5. The number of benzene rings is 2. The minimum absolute atomic E-state index is 0.00513. The highest BCUT2D eigenvalue weighted by Crippen LogP contribution is 2.52. The smallest absolute Gasteiger partial charge is 0.395 e. The van der Waals surface area contributed by atoms with Crippen LogP contribution in [-0.2, 0) is 6.54 Å². The third-order valence-corrected chi connectivity index (χ3v) is 7.30. The van der Waals surface area contributed by atoms with Crippen molar-refractivity contribution in [3.63, 3.8) is 0 Å². The van der Waals surface area contributed by atoms with Gasteiger partial charge in [0.2, 0.25) is 0 Å². The van der Waals surface area contributed by atoms with Crippen LogP contribution in [0.3, 0.4) is 0 Å². The molecule has 2 aromatic rings. The number of rotatable bonds is 4. The molecule has 2 aromatic carbocycles. The second-order valence-corrected chi connectivity index (χ2v) is 11.3. The second-order valence-electron chi connectivity index (χ2n) is 11.3. The van der Waals surface area contributed by atoms with Crippen LogP contribution in [-0.4, -0.2) is 47.5 Å². The fraction of sp³-hybridized carbons (Fsp3) is 0.481. The Morgan fingerprint density at radius 2 is 1.77 bits per heavy atom. The van der Waals surface area contributed by atoms with Crippen molar-refractivity contribution in [3.8, 4) is 11.5 Å². The van der Waals surface area contributed by atoms with Crippen LogP contribution in [0.5, 0.6) is 11.5 Å². The van der Waals surface area contributed by atoms with Gasteiger partial charge in [0.15, 0.2) is 11.5 Å². The second kappa shape index (κ2) is 7.93. The highest BCUT2D eigenvalue weighted by atomic mass is 19.3. The molecule has 1 saturated heterocycles. The lowest BCUT2D eigenvalue weighted by atomic mass is 9.65. The number of hydrogen-bond donors (Lipinski definition) is 0. The number of amides is 2. The number of halogens is 2. The molecule has 2 bridgehead atoms. The number of alkyl halides is 2. The van der Waals surface area contributed by atoms with Crippen molar-refractivity contribution in [1.29, 1.82) is 0 Å². The molecule has 2 amide bonds. The van der Waals surface area contributed by atoms with E-state index in [1.54, 1.807) is 19.2 Å². The molecule has 0 radical (unpaired) electrons. The van der Waals surface area contributed by atoms with Crippen LogP contribution in [0.25, 0.3) is 0 Å². The standard InChI is InChI=1S/C27H30F2N2O4/c1-25(2)12-19-13-26(3,15-25)16-31(19)23(32)18-10-8-17(9-11-18)14-30(4)24(33)20-6-5-7-21-22(20)35-27(28,29)34-21/h5-11,19H,12-16H2,1-4H3. The Kier molecular flexibility index (Phi) is 5.34. The summed E-state index contributed by atoms with van der Waals surface area (Å²) in [6.07, 6.45) is -0.597. The van der Waals surface area contributed by atoms with Crippen molar-refractivity contribution < 1.29 is 27.8 Å². The zero-order valence-electron chi connectivity index (χ0n) is 20.4. The summed E-state index contributed by atoms with van der Waals surface area (Å²) in [5.41, 5.74) is 1.86. The van der Waals surface area contributed by atoms with Crippen LogP contribution in [0.2, 0.25) is 0 Å². The number of para-hydroxylation sites is 1. The van der Waals surface area contributed by atoms with E-state index in [1.807, 2.05) is 17.0 Å². The molecule has 1 aliphatic carbocycles. The van der Waals surface area contributed by atoms with Gasteiger partial charge in [-0.15, -0.1) is 8.78 Å². The van der Waals surface area contributed by atoms with Gasteiger partial charge < -0.3 is 19.3 Å². The van der Waals surface area contributed by atoms with Gasteiger partial charge in [0.05, 0.1) is 5.56 Å². The molecule has 2 fully saturated rings. The molecule has 2 unspecified atom stereocenters. The number of likely N-dealkylation sites (tertiary alicyclic amines) is 1. The van der Waals surface area contributed by atoms with Gasteiger partial charge in [0.1, 0.15) is 0 Å². The summed E-state index contributed by atoms with van der Waals surface area (Å²) >= 11 is 0. The van der Waals surface area contributed by atoms with Crippen LogP contribution in [0.4, 0.5) is 8.78 Å². The first kappa shape index (κ1) is 23.6. The highest BCUT2D eigenvalue weighted by Gasteiger charge is 2.51. The van der Waals surface area contributed by atoms with Crippen molar-refractivity contribution in [2.45, 2.75) is 58.9 Å². The topological polar surface area (TPSA) is 59.1 Å². The van der Waals surface area contributed by atoms with Crippen molar-refractivity contribution in [1.82, 2.24) is 9.80 Å². The first-order valence-electron chi connectivity index (χ1n) is 11.9. The van der Waals surface area contributed by atoms with Gasteiger partial charge >= 0.3 is 6.29 Å². The predicted molar refractivity (Wildman–Crippen MR) is 125 cm³/mol. The Balaban J connectivity index is 1.26. The van der Waals surface area contributed by atoms with Gasteiger partial charge in [-0.3, -0.25) is 9.59 Å². The molecule has 2 aliphatic heterocycles. The van der Waals surface area contributed by atoms with E-state index in [1.165, 1.54) is 23.1 Å². The fourth-order valence-electron chi connectivity index (χ4n) is 6.30. The lowest BCUT2D eigenvalue weighted by Gasteiger charge is -2.39. The molecule has 2 atom stereocenters. The van der Waals surface area contributed by atoms with Crippen molar-refractivity contribution in [3.05, 3.63) is 59.2 Å². The number of ether oxygens (including phenoxy) is 2. The molecule has 0 spiro atoms. The molecule has 0 aromatic heterocycles. The van der Waals surface area contributed by atoms with E-state index in [4.69, 9.17) is 0 Å². The molecule has 3 aliphatic rings. The molecule has 35 heavy (non-hydrogen) atoms. The van der Waals surface area contributed by atoms with E-state index >= 15 is 0 Å². The summed E-state index contributed by atoms with van der Waals surface area (Å²) in [6, 6.07) is 11.7. The fourth-order valence-corrected chi connectivity index (χ4v) is 6.30. The lowest BCUT2D eigenvalue weighted by Crippen LogP contribution is -2.37. The third kappa shape index (κ3) is 4.46. The number of nitrogens with zero attached hydrogens (tertiary/aromatic N) is 2. The lowest BCUT2D eigenvalue weighted by molar-refractivity contribution is -0.286. The van der Waals surface area contributed by atoms with E-state index in [0.717, 1.165) is 31.4 Å². The summed E-state index contributed by atoms with van der Waals surface area (Å²) in [5, 5.41) is 0. The van der Waals surface area contributed by atoms with Crippen molar-refractivity contribution >= 4 is 11.8 Å². The zero-order valence-corrected chi connectivity index (χ0v) is 20.4. The first-order chi connectivity index (χ1) is 16.3. The van der Waals surface area contributed by atoms with Crippen molar-refractivity contribution in [2.24, 2.45) is 10.8 Å². The van der Waals surface area contributed by atoms with Gasteiger partial charge in [-0.2, -0.15) is 0 Å². The Hall–Kier alpha value is -3.16. The summed E-state index contributed by atoms with van der Waals surface area (Å²) in [6.45, 7) is 7.88. The maximum atomic E-state index is 13.5. The normalized spacial score (nSPS) is 25.4. The van der Waals surface area contributed by atoms with E-state index in [2.05, 4.69) is 30.2 Å². The minimum atomic E-state index is -3.79. The van der Waals surface area contributed by atoms with Crippen molar-refractivity contribution in [2.75, 3.05) is 13.6 Å². The minimum Gasteiger partial charge on any atom is -0.395 e. The van der Waals surface area contributed by atoms with E-state index in [-0.39, 0.29) is 46.4 Å². The quantitative estimate of drug-likeness (QED) is 0.589. The molecule has 6 nitrogen and oxygen atoms in total. The Labute approximate surface area is 203 Å². The van der Waals surface area contributed by atoms with Crippen LogP contribution in [0, 0.1) is 10.8 Å². The SMILES string of the molecule is CN(Cc1ccc(C(=O)N2CC3(C)CC2CC(C)(C)C3)cc1)C(=O)c1cccc2c1OC(F)(F)O2. The highest BCUT2D eigenvalue weighted by molar-refractivity contribution is 5.98. The Morgan fingerprint density at radius 1 is 1.06 bits per heavy atom. The summed E-state index contributed by atoms with van der Waals surface area (Å²) in [5.74, 6) is -0.849. The molecule has 2 heterocycles. The molecule has 186 valence electrons. The molecule has 1 saturated carbocycles. The summed E-state index contributed by atoms with van der Waals surface area (Å²) in [4.78, 5) is 29.7. The van der Waals surface area contributed by atoms with Crippen LogP contribution in [0.1, 0.15) is 66.3 Å². The number of carbonyl (C=O) groups excluding carboxylic acids is 2. The van der Waals surface area contributed by atoms with Gasteiger partial charge in [-0.1, -0.05) is 39.0 Å². The van der Waals surface area contributed by atoms with Crippen LogP contribution >= 0.6 is 0 Å². The van der Waals surface area contributed by atoms with Gasteiger partial charge in [0.25, 0.3) is 11.8 Å². The summed E-state index contributed by atoms with van der Waals surface area (Å²) < 4.78 is 35.9. The first-order valence-corrected chi connectivity index (χ1v) is 11.9. The van der Waals surface area contributed by atoms with E-state index in [9.17, 15) is 18.4 Å². The Bertz CT molecular complexity index is 1180. The molecular formula is C27H30F2N2O4. The number of hydrogen-bond acceptors (Lipinski definition) is 4. The average molecular weight is 485 g/mol. The van der Waals surface area contributed by atoms with Gasteiger partial charge in [0, 0.05) is 31.7 Å². The third-order valence-electron chi connectivity index (χ3n) is 7.30. The zero-order chi connectivity index (χ0) is 25.2. The molecule has 0 N–H and O–H groups in total.